The Bertz CT molecular complexity index is 3610. The van der Waals surface area contributed by atoms with Crippen LogP contribution in [-0.4, -0.2) is 11.3 Å². The summed E-state index contributed by atoms with van der Waals surface area (Å²) in [4.78, 5) is 2.70. The molecule has 0 saturated heterocycles. The topological polar surface area (TPSA) is 21.3 Å². The Labute approximate surface area is 370 Å². The molecule has 3 nitrogen and oxygen atoms in total. The average Bonchev–Trinajstić information content (AvgIpc) is 3.95. The molecule has 4 heterocycles. The van der Waals surface area contributed by atoms with E-state index in [-0.39, 0.29) is 28.5 Å². The molecule has 14 rings (SSSR count). The molecule has 3 aliphatic carbocycles. The first-order valence-corrected chi connectivity index (χ1v) is 23.2. The van der Waals surface area contributed by atoms with E-state index in [1.807, 2.05) is 0 Å². The van der Waals surface area contributed by atoms with Crippen molar-refractivity contribution in [1.29, 1.82) is 0 Å². The predicted molar refractivity (Wildman–Crippen MR) is 265 cm³/mol. The minimum Gasteiger partial charge on any atom is -0.455 e. The highest BCUT2D eigenvalue weighted by Crippen LogP contribution is 2.59. The van der Waals surface area contributed by atoms with Crippen LogP contribution in [0.3, 0.4) is 0 Å². The number of para-hydroxylation sites is 2. The summed E-state index contributed by atoms with van der Waals surface area (Å²) in [7, 11) is 0. The molecule has 2 aliphatic heterocycles. The first-order valence-electron chi connectivity index (χ1n) is 23.2. The highest BCUT2D eigenvalue weighted by molar-refractivity contribution is 6.90. The number of hydrogen-bond acceptors (Lipinski definition) is 2. The van der Waals surface area contributed by atoms with Crippen molar-refractivity contribution >= 4 is 67.7 Å². The van der Waals surface area contributed by atoms with Crippen molar-refractivity contribution in [2.45, 2.75) is 96.8 Å². The first-order chi connectivity index (χ1) is 30.2. The van der Waals surface area contributed by atoms with Crippen LogP contribution in [0.25, 0.3) is 66.2 Å². The van der Waals surface area contributed by atoms with Gasteiger partial charge in [0, 0.05) is 72.0 Å². The van der Waals surface area contributed by atoms with Gasteiger partial charge >= 0.3 is 6.85 Å². The van der Waals surface area contributed by atoms with Gasteiger partial charge in [-0.2, -0.15) is 0 Å². The average molecular weight is 815 g/mol. The van der Waals surface area contributed by atoms with Gasteiger partial charge in [0.15, 0.2) is 0 Å². The quantitative estimate of drug-likeness (QED) is 0.154. The second kappa shape index (κ2) is 11.3. The Kier molecular flexibility index (Phi) is 6.49. The highest BCUT2D eigenvalue weighted by Gasteiger charge is 2.51. The monoisotopic (exact) mass is 814 g/mol. The molecule has 0 N–H and O–H groups in total. The maximum absolute atomic E-state index is 7.14. The van der Waals surface area contributed by atoms with Crippen LogP contribution >= 0.6 is 0 Å². The fourth-order valence-electron chi connectivity index (χ4n) is 13.6. The van der Waals surface area contributed by atoms with Crippen LogP contribution in [-0.2, 0) is 21.7 Å². The SMILES string of the molecule is Cc1cc2c(cc1N1c3cc4c(cc3B3c5c1cc1c(oc6ccccc61)c5-c1cccc5c6c(n3c15)C(C)(C)c1ccccc1-6)C(C)(C)c1ccccc1-4)C(C)(C)CCC2(C)C. The van der Waals surface area contributed by atoms with E-state index in [0.29, 0.717) is 0 Å². The Hall–Kier alpha value is -6.26. The van der Waals surface area contributed by atoms with Crippen LogP contribution in [0.2, 0.25) is 0 Å². The van der Waals surface area contributed by atoms with Gasteiger partial charge in [-0.3, -0.25) is 0 Å². The van der Waals surface area contributed by atoms with Gasteiger partial charge in [-0.1, -0.05) is 152 Å². The highest BCUT2D eigenvalue weighted by atomic mass is 16.3. The van der Waals surface area contributed by atoms with Gasteiger partial charge in [0.05, 0.1) is 0 Å². The fraction of sp³-hybridized carbons (Fsp3) is 0.254. The van der Waals surface area contributed by atoms with Crippen molar-refractivity contribution in [3.63, 3.8) is 0 Å². The van der Waals surface area contributed by atoms with Gasteiger partial charge in [-0.05, 0) is 116 Å². The zero-order chi connectivity index (χ0) is 42.9. The zero-order valence-electron chi connectivity index (χ0n) is 37.8. The molecule has 7 aromatic carbocycles. The largest absolute Gasteiger partial charge is 0.455 e. The normalized spacial score (nSPS) is 18.2. The van der Waals surface area contributed by atoms with Crippen LogP contribution in [0.4, 0.5) is 17.1 Å². The number of hydrogen-bond donors (Lipinski definition) is 0. The molecular formula is C59H51BN2O. The number of aryl methyl sites for hydroxylation is 1. The molecule has 0 spiro atoms. The van der Waals surface area contributed by atoms with Crippen LogP contribution in [0, 0.1) is 6.92 Å². The minimum absolute atomic E-state index is 0.0519. The summed E-state index contributed by atoms with van der Waals surface area (Å²) in [6.07, 6.45) is 2.36. The number of rotatable bonds is 1. The molecule has 5 aliphatic rings. The number of benzene rings is 7. The predicted octanol–water partition coefficient (Wildman–Crippen LogP) is 14.2. The third-order valence-corrected chi connectivity index (χ3v) is 16.9. The molecule has 63 heavy (non-hydrogen) atoms. The van der Waals surface area contributed by atoms with Crippen LogP contribution in [0.15, 0.2) is 126 Å². The lowest BCUT2D eigenvalue weighted by Gasteiger charge is -2.45. The number of aromatic nitrogens is 1. The summed E-state index contributed by atoms with van der Waals surface area (Å²) in [5, 5.41) is 3.66. The van der Waals surface area contributed by atoms with Gasteiger partial charge in [-0.15, -0.1) is 0 Å². The second-order valence-electron chi connectivity index (χ2n) is 21.9. The second-order valence-corrected chi connectivity index (χ2v) is 21.9. The molecule has 4 heteroatoms. The summed E-state index contributed by atoms with van der Waals surface area (Å²) >= 11 is 0. The first kappa shape index (κ1) is 36.3. The van der Waals surface area contributed by atoms with E-state index in [1.165, 1.54) is 130 Å². The minimum atomic E-state index is -0.222. The molecule has 0 radical (unpaired) electrons. The molecule has 9 aromatic rings. The summed E-state index contributed by atoms with van der Waals surface area (Å²) in [6.45, 7) is 21.9. The molecule has 0 fully saturated rings. The van der Waals surface area contributed by atoms with Crippen LogP contribution < -0.4 is 15.8 Å². The fourth-order valence-corrected chi connectivity index (χ4v) is 13.6. The van der Waals surface area contributed by atoms with Crippen molar-refractivity contribution in [2.75, 3.05) is 4.90 Å². The number of fused-ring (bicyclic) bond motifs is 17. The molecule has 0 bridgehead atoms. The Balaban J connectivity index is 1.19. The van der Waals surface area contributed by atoms with Crippen molar-refractivity contribution in [3.8, 4) is 33.4 Å². The molecule has 2 aromatic heterocycles. The molecule has 0 amide bonds. The molecule has 0 saturated carbocycles. The lowest BCUT2D eigenvalue weighted by atomic mass is 9.44. The van der Waals surface area contributed by atoms with Crippen molar-refractivity contribution < 1.29 is 4.42 Å². The van der Waals surface area contributed by atoms with Gasteiger partial charge in [0.25, 0.3) is 0 Å². The Morgan fingerprint density at radius 2 is 1.16 bits per heavy atom. The van der Waals surface area contributed by atoms with E-state index < -0.39 is 0 Å². The van der Waals surface area contributed by atoms with Crippen LogP contribution in [0.5, 0.6) is 0 Å². The maximum atomic E-state index is 7.14. The smallest absolute Gasteiger partial charge is 0.333 e. The third-order valence-electron chi connectivity index (χ3n) is 16.9. The number of anilines is 3. The third kappa shape index (κ3) is 4.20. The summed E-state index contributed by atoms with van der Waals surface area (Å²) in [5.41, 5.74) is 27.4. The standard InChI is InChI=1S/C59H51BN2O/c1-32-27-43-44(57(4,5)26-25-56(43,2)3)31-46(32)61-47-28-38-33-17-10-13-22-40(33)58(6,7)42(38)30-45(47)60-52-48(61)29-39-34-18-12-15-24-49(34)63-54(39)51(52)37-21-16-20-36-50-35-19-11-14-23-41(35)59(8,9)55(50)62(60)53(36)37/h10-24,27-31H,25-26H2,1-9H3. The number of nitrogens with zero attached hydrogens (tertiary/aromatic N) is 2. The Morgan fingerprint density at radius 1 is 0.508 bits per heavy atom. The van der Waals surface area contributed by atoms with E-state index in [1.54, 1.807) is 0 Å². The van der Waals surface area contributed by atoms with E-state index >= 15 is 0 Å². The molecule has 306 valence electrons. The van der Waals surface area contributed by atoms with Crippen molar-refractivity contribution in [1.82, 2.24) is 4.48 Å². The van der Waals surface area contributed by atoms with Crippen molar-refractivity contribution in [2.24, 2.45) is 0 Å². The summed E-state index contributed by atoms with van der Waals surface area (Å²) in [6, 6.07) is 46.9. The Morgan fingerprint density at radius 3 is 1.94 bits per heavy atom. The van der Waals surface area contributed by atoms with Crippen LogP contribution in [0.1, 0.15) is 107 Å². The maximum Gasteiger partial charge on any atom is 0.333 e. The summed E-state index contributed by atoms with van der Waals surface area (Å²) < 4.78 is 9.95. The van der Waals surface area contributed by atoms with Gasteiger partial charge in [0.2, 0.25) is 0 Å². The zero-order valence-corrected chi connectivity index (χ0v) is 37.8. The van der Waals surface area contributed by atoms with Gasteiger partial charge in [0.1, 0.15) is 11.2 Å². The molecule has 0 unspecified atom stereocenters. The summed E-state index contributed by atoms with van der Waals surface area (Å²) in [5.74, 6) is 0. The molecular weight excluding hydrogens is 763 g/mol. The van der Waals surface area contributed by atoms with Gasteiger partial charge < -0.3 is 13.8 Å². The van der Waals surface area contributed by atoms with Crippen molar-refractivity contribution in [3.05, 3.63) is 160 Å². The van der Waals surface area contributed by atoms with E-state index in [0.717, 1.165) is 16.6 Å². The van der Waals surface area contributed by atoms with E-state index in [4.69, 9.17) is 4.42 Å². The van der Waals surface area contributed by atoms with E-state index in [2.05, 4.69) is 193 Å². The van der Waals surface area contributed by atoms with Gasteiger partial charge in [-0.25, -0.2) is 0 Å². The number of furan rings is 1. The lowest BCUT2D eigenvalue weighted by molar-refractivity contribution is 0.332. The van der Waals surface area contributed by atoms with E-state index in [9.17, 15) is 0 Å². The molecule has 0 atom stereocenters. The lowest BCUT2D eigenvalue weighted by Crippen LogP contribution is -2.58.